The highest BCUT2D eigenvalue weighted by molar-refractivity contribution is 7.91. The number of carbonyl (C=O) groups is 2. The fourth-order valence-corrected chi connectivity index (χ4v) is 5.65. The lowest BCUT2D eigenvalue weighted by molar-refractivity contribution is -0.135. The summed E-state index contributed by atoms with van der Waals surface area (Å²) in [4.78, 5) is 26.7. The summed E-state index contributed by atoms with van der Waals surface area (Å²) in [6.07, 6.45) is -5.81. The van der Waals surface area contributed by atoms with Gasteiger partial charge in [0.1, 0.15) is 0 Å². The first kappa shape index (κ1) is 26.5. The van der Waals surface area contributed by atoms with E-state index in [-0.39, 0.29) is 47.0 Å². The van der Waals surface area contributed by atoms with Crippen LogP contribution in [0.25, 0.3) is 0 Å². The minimum absolute atomic E-state index is 0.0254. The lowest BCUT2D eigenvalue weighted by Gasteiger charge is -2.25. The second-order valence-electron chi connectivity index (χ2n) is 7.98. The SMILES string of the molecule is N[C@H]1CS(=O)(=O)c2cc(Cl)c(C(=O)CCCCC(F)(F)F)cc2N(Cc2ccc(Cl)cc2)C1=O. The van der Waals surface area contributed by atoms with Crippen molar-refractivity contribution in [2.75, 3.05) is 10.7 Å². The number of carbonyl (C=O) groups excluding carboxylic acids is 2. The van der Waals surface area contributed by atoms with Gasteiger partial charge >= 0.3 is 6.18 Å². The molecule has 0 saturated carbocycles. The van der Waals surface area contributed by atoms with Gasteiger partial charge in [-0.3, -0.25) is 9.59 Å². The van der Waals surface area contributed by atoms with E-state index < -0.39 is 45.9 Å². The minimum atomic E-state index is -4.32. The van der Waals surface area contributed by atoms with Crippen molar-refractivity contribution in [1.29, 1.82) is 0 Å². The molecule has 2 aromatic rings. The molecule has 6 nitrogen and oxygen atoms in total. The summed E-state index contributed by atoms with van der Waals surface area (Å²) in [5, 5.41) is 0.299. The molecule has 0 bridgehead atoms. The van der Waals surface area contributed by atoms with Gasteiger partial charge in [0.15, 0.2) is 15.6 Å². The lowest BCUT2D eigenvalue weighted by atomic mass is 10.0. The predicted octanol–water partition coefficient (Wildman–Crippen LogP) is 4.95. The van der Waals surface area contributed by atoms with Crippen molar-refractivity contribution >= 4 is 50.4 Å². The first-order valence-electron chi connectivity index (χ1n) is 10.3. The molecule has 34 heavy (non-hydrogen) atoms. The van der Waals surface area contributed by atoms with E-state index in [1.165, 1.54) is 11.0 Å². The molecule has 2 N–H and O–H groups in total. The number of alkyl halides is 3. The zero-order chi connectivity index (χ0) is 25.3. The lowest BCUT2D eigenvalue weighted by Crippen LogP contribution is -2.45. The Bertz CT molecular complexity index is 1200. The molecule has 0 fully saturated rings. The molecule has 0 saturated heterocycles. The molecule has 0 radical (unpaired) electrons. The number of benzene rings is 2. The summed E-state index contributed by atoms with van der Waals surface area (Å²) < 4.78 is 62.9. The van der Waals surface area contributed by atoms with E-state index in [1.54, 1.807) is 24.3 Å². The summed E-state index contributed by atoms with van der Waals surface area (Å²) in [5.41, 5.74) is 6.36. The number of unbranched alkanes of at least 4 members (excludes halogenated alkanes) is 1. The van der Waals surface area contributed by atoms with Gasteiger partial charge < -0.3 is 10.6 Å². The van der Waals surface area contributed by atoms with Gasteiger partial charge in [-0.15, -0.1) is 0 Å². The van der Waals surface area contributed by atoms with Crippen molar-refractivity contribution in [3.63, 3.8) is 0 Å². The number of amides is 1. The van der Waals surface area contributed by atoms with Crippen LogP contribution in [-0.2, 0) is 21.2 Å². The van der Waals surface area contributed by atoms with Gasteiger partial charge in [0, 0.05) is 23.4 Å². The second-order valence-corrected chi connectivity index (χ2v) is 10.8. The average molecular weight is 537 g/mol. The van der Waals surface area contributed by atoms with Gasteiger partial charge in [-0.25, -0.2) is 8.42 Å². The quantitative estimate of drug-likeness (QED) is 0.399. The van der Waals surface area contributed by atoms with Crippen LogP contribution in [-0.4, -0.2) is 38.1 Å². The van der Waals surface area contributed by atoms with E-state index in [0.717, 1.165) is 6.07 Å². The largest absolute Gasteiger partial charge is 0.389 e. The highest BCUT2D eigenvalue weighted by Gasteiger charge is 2.37. The third-order valence-electron chi connectivity index (χ3n) is 5.33. The van der Waals surface area contributed by atoms with Crippen LogP contribution in [0.2, 0.25) is 10.0 Å². The van der Waals surface area contributed by atoms with Crippen molar-refractivity contribution in [2.24, 2.45) is 5.73 Å². The maximum atomic E-state index is 13.0. The van der Waals surface area contributed by atoms with Crippen LogP contribution in [0, 0.1) is 0 Å². The van der Waals surface area contributed by atoms with Crippen LogP contribution < -0.4 is 10.6 Å². The molecule has 1 atom stereocenters. The Hall–Kier alpha value is -2.14. The maximum Gasteiger partial charge on any atom is 0.389 e. The zero-order valence-electron chi connectivity index (χ0n) is 17.7. The number of hydrogen-bond donors (Lipinski definition) is 1. The molecule has 2 aromatic carbocycles. The Morgan fingerprint density at radius 2 is 1.76 bits per heavy atom. The van der Waals surface area contributed by atoms with Gasteiger partial charge in [0.2, 0.25) is 5.91 Å². The number of Topliss-reactive ketones (excluding diaryl/α,β-unsaturated/α-hetero) is 1. The topological polar surface area (TPSA) is 97.5 Å². The van der Waals surface area contributed by atoms with Gasteiger partial charge in [-0.1, -0.05) is 35.3 Å². The average Bonchev–Trinajstić information content (AvgIpc) is 2.80. The number of fused-ring (bicyclic) bond motifs is 1. The van der Waals surface area contributed by atoms with Crippen LogP contribution >= 0.6 is 23.2 Å². The monoisotopic (exact) mass is 536 g/mol. The first-order valence-corrected chi connectivity index (χ1v) is 12.7. The third kappa shape index (κ3) is 6.29. The van der Waals surface area contributed by atoms with Crippen LogP contribution in [0.4, 0.5) is 18.9 Å². The number of nitrogens with two attached hydrogens (primary N) is 1. The molecule has 0 aromatic heterocycles. The molecule has 184 valence electrons. The molecule has 1 heterocycles. The van der Waals surface area contributed by atoms with E-state index in [4.69, 9.17) is 28.9 Å². The fourth-order valence-electron chi connectivity index (χ4n) is 3.61. The van der Waals surface area contributed by atoms with Crippen molar-refractivity contribution in [3.05, 3.63) is 57.6 Å². The predicted molar refractivity (Wildman–Crippen MR) is 123 cm³/mol. The smallest absolute Gasteiger partial charge is 0.319 e. The maximum absolute atomic E-state index is 13.0. The molecule has 12 heteroatoms. The fraction of sp³-hybridized carbons (Fsp3) is 0.364. The molecular formula is C22H21Cl2F3N2O4S. The van der Waals surface area contributed by atoms with E-state index >= 15 is 0 Å². The number of hydrogen-bond acceptors (Lipinski definition) is 5. The van der Waals surface area contributed by atoms with Crippen molar-refractivity contribution < 1.29 is 31.2 Å². The molecule has 0 aliphatic carbocycles. The number of anilines is 1. The Balaban J connectivity index is 1.99. The van der Waals surface area contributed by atoms with Gasteiger partial charge in [-0.05, 0) is 42.7 Å². The molecule has 1 aliphatic heterocycles. The van der Waals surface area contributed by atoms with E-state index in [9.17, 15) is 31.2 Å². The zero-order valence-corrected chi connectivity index (χ0v) is 20.1. The first-order chi connectivity index (χ1) is 15.8. The van der Waals surface area contributed by atoms with Crippen LogP contribution in [0.1, 0.15) is 41.6 Å². The number of rotatable bonds is 7. The minimum Gasteiger partial charge on any atom is -0.319 e. The summed E-state index contributed by atoms with van der Waals surface area (Å²) in [6, 6.07) is 7.47. The van der Waals surface area contributed by atoms with E-state index in [1.807, 2.05) is 0 Å². The molecule has 0 spiro atoms. The van der Waals surface area contributed by atoms with Gasteiger partial charge in [0.05, 0.1) is 33.9 Å². The molecule has 0 unspecified atom stereocenters. The van der Waals surface area contributed by atoms with Crippen molar-refractivity contribution in [1.82, 2.24) is 0 Å². The molecular weight excluding hydrogens is 516 g/mol. The summed E-state index contributed by atoms with van der Waals surface area (Å²) in [5.74, 6) is -1.86. The van der Waals surface area contributed by atoms with Crippen molar-refractivity contribution in [2.45, 2.75) is 49.3 Å². The second kappa shape index (κ2) is 10.2. The number of nitrogens with zero attached hydrogens (tertiary/aromatic N) is 1. The number of sulfone groups is 1. The number of halogens is 5. The molecule has 3 rings (SSSR count). The summed E-state index contributed by atoms with van der Waals surface area (Å²) >= 11 is 12.1. The Kier molecular flexibility index (Phi) is 7.96. The van der Waals surface area contributed by atoms with Crippen LogP contribution in [0.15, 0.2) is 41.3 Å². The molecule has 1 amide bonds. The van der Waals surface area contributed by atoms with Gasteiger partial charge in [-0.2, -0.15) is 13.2 Å². The van der Waals surface area contributed by atoms with Crippen molar-refractivity contribution in [3.8, 4) is 0 Å². The normalized spacial score (nSPS) is 17.9. The third-order valence-corrected chi connectivity index (χ3v) is 7.68. The Labute approximate surface area is 204 Å². The molecule has 1 aliphatic rings. The standard InChI is InChI=1S/C22H21Cl2F3N2O4S/c23-14-6-4-13(5-7-14)11-29-18-9-15(19(30)3-1-2-8-22(25,26)27)16(24)10-20(18)34(32,33)12-17(28)21(29)31/h4-7,9-10,17H,1-3,8,11-12,28H2/t17-/m0/s1. The summed E-state index contributed by atoms with van der Waals surface area (Å²) in [6.45, 7) is -0.0485. The van der Waals surface area contributed by atoms with Gasteiger partial charge in [0.25, 0.3) is 0 Å². The van der Waals surface area contributed by atoms with Crippen LogP contribution in [0.5, 0.6) is 0 Å². The number of ketones is 1. The Morgan fingerprint density at radius 3 is 2.38 bits per heavy atom. The van der Waals surface area contributed by atoms with E-state index in [2.05, 4.69) is 0 Å². The van der Waals surface area contributed by atoms with Crippen LogP contribution in [0.3, 0.4) is 0 Å². The highest BCUT2D eigenvalue weighted by atomic mass is 35.5. The highest BCUT2D eigenvalue weighted by Crippen LogP contribution is 2.36. The summed E-state index contributed by atoms with van der Waals surface area (Å²) in [7, 11) is -4.02. The Morgan fingerprint density at radius 1 is 1.12 bits per heavy atom. The van der Waals surface area contributed by atoms with E-state index in [0.29, 0.717) is 10.6 Å².